The minimum Gasteiger partial charge on any atom is -0.481 e. The number of aromatic nitrogens is 1. The summed E-state index contributed by atoms with van der Waals surface area (Å²) in [7, 11) is 0. The number of carboxylic acid groups (broad SMARTS) is 1. The van der Waals surface area contributed by atoms with E-state index in [4.69, 9.17) is 0 Å². The summed E-state index contributed by atoms with van der Waals surface area (Å²) in [6.07, 6.45) is 5.79. The highest BCUT2D eigenvalue weighted by atomic mass is 16.4. The van der Waals surface area contributed by atoms with Gasteiger partial charge in [-0.2, -0.15) is 0 Å². The maximum Gasteiger partial charge on any atom is 0.311 e. The van der Waals surface area contributed by atoms with Crippen LogP contribution >= 0.6 is 0 Å². The SMILES string of the molecule is O=C(c1cncc(-c2ccccc2)c1)N1C[C@@H]2CCC[C@@]2(C(=O)O)C1. The molecule has 5 nitrogen and oxygen atoms in total. The largest absolute Gasteiger partial charge is 0.481 e. The molecule has 2 heterocycles. The summed E-state index contributed by atoms with van der Waals surface area (Å²) in [5.41, 5.74) is 1.66. The zero-order chi connectivity index (χ0) is 17.4. The van der Waals surface area contributed by atoms with Crippen LogP contribution < -0.4 is 0 Å². The standard InChI is InChI=1S/C20H20N2O3/c23-18(22-12-17-7-4-8-20(17,13-22)19(24)25)16-9-15(10-21-11-16)14-5-2-1-3-6-14/h1-3,5-6,9-11,17H,4,7-8,12-13H2,(H,24,25)/t17-,20+/m0/s1. The van der Waals surface area contributed by atoms with Gasteiger partial charge in [0.15, 0.2) is 0 Å². The van der Waals surface area contributed by atoms with Gasteiger partial charge >= 0.3 is 5.97 Å². The molecule has 1 aromatic heterocycles. The van der Waals surface area contributed by atoms with E-state index in [2.05, 4.69) is 4.98 Å². The molecule has 0 spiro atoms. The number of likely N-dealkylation sites (tertiary alicyclic amines) is 1. The van der Waals surface area contributed by atoms with Crippen LogP contribution in [0.4, 0.5) is 0 Å². The number of carbonyl (C=O) groups is 2. The molecule has 0 unspecified atom stereocenters. The number of carboxylic acids is 1. The summed E-state index contributed by atoms with van der Waals surface area (Å²) in [5, 5.41) is 9.69. The van der Waals surface area contributed by atoms with E-state index >= 15 is 0 Å². The smallest absolute Gasteiger partial charge is 0.311 e. The van der Waals surface area contributed by atoms with E-state index in [0.29, 0.717) is 25.1 Å². The molecule has 1 saturated carbocycles. The number of hydrogen-bond donors (Lipinski definition) is 1. The predicted octanol–water partition coefficient (Wildman–Crippen LogP) is 3.08. The summed E-state index contributed by atoms with van der Waals surface area (Å²) in [5.74, 6) is -0.819. The van der Waals surface area contributed by atoms with Crippen LogP contribution in [0, 0.1) is 11.3 Å². The fraction of sp³-hybridized carbons (Fsp3) is 0.350. The van der Waals surface area contributed by atoms with Crippen molar-refractivity contribution in [1.82, 2.24) is 9.88 Å². The molecule has 2 aliphatic rings. The highest BCUT2D eigenvalue weighted by molar-refractivity contribution is 5.96. The first-order chi connectivity index (χ1) is 12.1. The lowest BCUT2D eigenvalue weighted by molar-refractivity contribution is -0.149. The van der Waals surface area contributed by atoms with Gasteiger partial charge in [0.1, 0.15) is 0 Å². The van der Waals surface area contributed by atoms with Gasteiger partial charge < -0.3 is 10.0 Å². The fourth-order valence-corrected chi connectivity index (χ4v) is 4.32. The Labute approximate surface area is 146 Å². The van der Waals surface area contributed by atoms with Crippen molar-refractivity contribution < 1.29 is 14.7 Å². The lowest BCUT2D eigenvalue weighted by atomic mass is 9.81. The van der Waals surface area contributed by atoms with Crippen LogP contribution in [0.2, 0.25) is 0 Å². The lowest BCUT2D eigenvalue weighted by Gasteiger charge is -2.23. The Morgan fingerprint density at radius 2 is 1.96 bits per heavy atom. The highest BCUT2D eigenvalue weighted by Crippen LogP contribution is 2.49. The minimum atomic E-state index is -0.763. The molecule has 1 aromatic carbocycles. The van der Waals surface area contributed by atoms with E-state index in [0.717, 1.165) is 24.0 Å². The molecule has 1 aliphatic heterocycles. The maximum absolute atomic E-state index is 12.9. The topological polar surface area (TPSA) is 70.5 Å². The van der Waals surface area contributed by atoms with Crippen LogP contribution in [-0.4, -0.2) is 40.0 Å². The quantitative estimate of drug-likeness (QED) is 0.935. The third kappa shape index (κ3) is 2.60. The predicted molar refractivity (Wildman–Crippen MR) is 93.0 cm³/mol. The van der Waals surface area contributed by atoms with E-state index in [1.165, 1.54) is 0 Å². The molecule has 0 bridgehead atoms. The zero-order valence-corrected chi connectivity index (χ0v) is 13.9. The number of carbonyl (C=O) groups excluding carboxylic acids is 1. The van der Waals surface area contributed by atoms with Gasteiger partial charge in [-0.25, -0.2) is 0 Å². The van der Waals surface area contributed by atoms with Gasteiger partial charge in [0.2, 0.25) is 0 Å². The number of benzene rings is 1. The third-order valence-corrected chi connectivity index (χ3v) is 5.68. The summed E-state index contributed by atoms with van der Waals surface area (Å²) in [6.45, 7) is 0.835. The Bertz CT molecular complexity index is 821. The van der Waals surface area contributed by atoms with Crippen LogP contribution in [-0.2, 0) is 4.79 Å². The van der Waals surface area contributed by atoms with Crippen molar-refractivity contribution in [3.63, 3.8) is 0 Å². The molecule has 0 radical (unpaired) electrons. The summed E-state index contributed by atoms with van der Waals surface area (Å²) in [4.78, 5) is 30.6. The molecular formula is C20H20N2O3. The van der Waals surface area contributed by atoms with E-state index in [-0.39, 0.29) is 11.8 Å². The van der Waals surface area contributed by atoms with E-state index in [1.54, 1.807) is 17.3 Å². The second-order valence-electron chi connectivity index (χ2n) is 7.06. The van der Waals surface area contributed by atoms with Crippen LogP contribution in [0.1, 0.15) is 29.6 Å². The highest BCUT2D eigenvalue weighted by Gasteiger charge is 2.55. The van der Waals surface area contributed by atoms with Gasteiger partial charge in [-0.3, -0.25) is 14.6 Å². The maximum atomic E-state index is 12.9. The van der Waals surface area contributed by atoms with Crippen LogP contribution in [0.3, 0.4) is 0 Å². The average Bonchev–Trinajstić information content (AvgIpc) is 3.20. The van der Waals surface area contributed by atoms with Gasteiger partial charge in [0, 0.05) is 31.0 Å². The number of amides is 1. The minimum absolute atomic E-state index is 0.0687. The first kappa shape index (κ1) is 15.8. The van der Waals surface area contributed by atoms with Crippen LogP contribution in [0.5, 0.6) is 0 Å². The summed E-state index contributed by atoms with van der Waals surface area (Å²) < 4.78 is 0. The number of fused-ring (bicyclic) bond motifs is 1. The number of rotatable bonds is 3. The Morgan fingerprint density at radius 1 is 1.16 bits per heavy atom. The van der Waals surface area contributed by atoms with E-state index in [1.807, 2.05) is 36.4 Å². The van der Waals surface area contributed by atoms with Crippen LogP contribution in [0.15, 0.2) is 48.8 Å². The molecule has 4 rings (SSSR count). The number of nitrogens with zero attached hydrogens (tertiary/aromatic N) is 2. The summed E-state index contributed by atoms with van der Waals surface area (Å²) in [6, 6.07) is 11.6. The molecule has 1 N–H and O–H groups in total. The van der Waals surface area contributed by atoms with Crippen molar-refractivity contribution in [2.75, 3.05) is 13.1 Å². The first-order valence-corrected chi connectivity index (χ1v) is 8.63. The third-order valence-electron chi connectivity index (χ3n) is 5.68. The first-order valence-electron chi connectivity index (χ1n) is 8.63. The van der Waals surface area contributed by atoms with Crippen molar-refractivity contribution in [3.05, 3.63) is 54.4 Å². The zero-order valence-electron chi connectivity index (χ0n) is 13.9. The van der Waals surface area contributed by atoms with Gasteiger partial charge in [0.05, 0.1) is 11.0 Å². The molecule has 25 heavy (non-hydrogen) atoms. The molecule has 128 valence electrons. The molecular weight excluding hydrogens is 316 g/mol. The molecule has 2 atom stereocenters. The Hall–Kier alpha value is -2.69. The number of hydrogen-bond acceptors (Lipinski definition) is 3. The second kappa shape index (κ2) is 5.99. The number of pyridine rings is 1. The Morgan fingerprint density at radius 3 is 2.68 bits per heavy atom. The van der Waals surface area contributed by atoms with E-state index in [9.17, 15) is 14.7 Å². The van der Waals surface area contributed by atoms with Gasteiger partial charge in [-0.15, -0.1) is 0 Å². The molecule has 2 aromatic rings. The normalized spacial score (nSPS) is 25.0. The molecule has 5 heteroatoms. The molecule has 1 aliphatic carbocycles. The molecule has 2 fully saturated rings. The second-order valence-corrected chi connectivity index (χ2v) is 7.06. The lowest BCUT2D eigenvalue weighted by Crippen LogP contribution is -2.37. The van der Waals surface area contributed by atoms with Crippen molar-refractivity contribution in [2.45, 2.75) is 19.3 Å². The Balaban J connectivity index is 1.59. The summed E-state index contributed by atoms with van der Waals surface area (Å²) >= 11 is 0. The van der Waals surface area contributed by atoms with Crippen molar-refractivity contribution in [1.29, 1.82) is 0 Å². The van der Waals surface area contributed by atoms with Gasteiger partial charge in [-0.1, -0.05) is 36.8 Å². The molecule has 1 saturated heterocycles. The van der Waals surface area contributed by atoms with Gasteiger partial charge in [0.25, 0.3) is 5.91 Å². The van der Waals surface area contributed by atoms with E-state index < -0.39 is 11.4 Å². The van der Waals surface area contributed by atoms with Crippen LogP contribution in [0.25, 0.3) is 11.1 Å². The molecule has 1 amide bonds. The Kier molecular flexibility index (Phi) is 3.79. The monoisotopic (exact) mass is 336 g/mol. The fourth-order valence-electron chi connectivity index (χ4n) is 4.32. The number of aliphatic carboxylic acids is 1. The van der Waals surface area contributed by atoms with Crippen molar-refractivity contribution >= 4 is 11.9 Å². The van der Waals surface area contributed by atoms with Crippen molar-refractivity contribution in [2.24, 2.45) is 11.3 Å². The van der Waals surface area contributed by atoms with Gasteiger partial charge in [-0.05, 0) is 30.4 Å². The average molecular weight is 336 g/mol. The van der Waals surface area contributed by atoms with Crippen molar-refractivity contribution in [3.8, 4) is 11.1 Å².